The Labute approximate surface area is 247 Å². The molecule has 0 aliphatic heterocycles. The van der Waals surface area contributed by atoms with Gasteiger partial charge in [-0.3, -0.25) is 9.59 Å². The van der Waals surface area contributed by atoms with E-state index in [4.69, 9.17) is 4.74 Å². The largest absolute Gasteiger partial charge is 0.471 e. The molecule has 1 aliphatic rings. The Morgan fingerprint density at radius 2 is 1.67 bits per heavy atom. The van der Waals surface area contributed by atoms with Crippen molar-refractivity contribution in [2.45, 2.75) is 69.9 Å². The third-order valence-corrected chi connectivity index (χ3v) is 7.10. The van der Waals surface area contributed by atoms with Crippen molar-refractivity contribution in [2.75, 3.05) is 6.61 Å². The molecule has 1 aliphatic carbocycles. The van der Waals surface area contributed by atoms with Gasteiger partial charge in [-0.2, -0.15) is 40.1 Å². The maximum Gasteiger partial charge on any atom is 0.416 e. The molecular weight excluding hydrogens is 632 g/mol. The van der Waals surface area contributed by atoms with Crippen LogP contribution in [-0.4, -0.2) is 58.4 Å². The molecule has 2 amide bonds. The van der Waals surface area contributed by atoms with Crippen LogP contribution in [0.2, 0.25) is 0 Å². The number of halogens is 10. The molecule has 18 heteroatoms. The Morgan fingerprint density at radius 3 is 2.27 bits per heavy atom. The molecular formula is C27H25F10N5O3. The molecule has 0 spiro atoms. The Morgan fingerprint density at radius 1 is 0.978 bits per heavy atom. The number of aromatic amines is 1. The van der Waals surface area contributed by atoms with Gasteiger partial charge in [0, 0.05) is 19.0 Å². The highest BCUT2D eigenvalue weighted by Gasteiger charge is 2.41. The van der Waals surface area contributed by atoms with Crippen LogP contribution in [0.4, 0.5) is 43.9 Å². The first kappa shape index (κ1) is 33.8. The highest BCUT2D eigenvalue weighted by molar-refractivity contribution is 5.99. The predicted octanol–water partition coefficient (Wildman–Crippen LogP) is 5.94. The summed E-state index contributed by atoms with van der Waals surface area (Å²) in [6.45, 7) is -1.66. The SMILES string of the molecule is O=C(NC1CCC(C(F)(F)F)CC1)c1cc2[nH]c(Cc3cc(CNC(=O)C(F)F)ccc3C(F)(F)F)nc2nc1OCC(F)F. The zero-order valence-electron chi connectivity index (χ0n) is 23.0. The molecule has 3 N–H and O–H groups in total. The quantitative estimate of drug-likeness (QED) is 0.234. The molecule has 0 saturated heterocycles. The zero-order valence-corrected chi connectivity index (χ0v) is 23.0. The summed E-state index contributed by atoms with van der Waals surface area (Å²) in [5, 5.41) is 4.44. The van der Waals surface area contributed by atoms with Crippen LogP contribution in [0, 0.1) is 5.92 Å². The Kier molecular flexibility index (Phi) is 10.1. The first-order valence-corrected chi connectivity index (χ1v) is 13.4. The third kappa shape index (κ3) is 8.75. The fourth-order valence-electron chi connectivity index (χ4n) is 4.93. The van der Waals surface area contributed by atoms with Crippen molar-refractivity contribution in [1.29, 1.82) is 0 Å². The Balaban J connectivity index is 1.60. The first-order valence-electron chi connectivity index (χ1n) is 13.4. The summed E-state index contributed by atoms with van der Waals surface area (Å²) < 4.78 is 136. The summed E-state index contributed by atoms with van der Waals surface area (Å²) in [5.41, 5.74) is -1.91. The van der Waals surface area contributed by atoms with E-state index in [1.165, 1.54) is 0 Å². The van der Waals surface area contributed by atoms with Crippen LogP contribution in [-0.2, 0) is 23.9 Å². The van der Waals surface area contributed by atoms with Gasteiger partial charge in [0.25, 0.3) is 18.2 Å². The Bertz CT molecular complexity index is 1520. The van der Waals surface area contributed by atoms with Gasteiger partial charge in [0.05, 0.1) is 17.0 Å². The molecule has 4 rings (SSSR count). The van der Waals surface area contributed by atoms with Crippen molar-refractivity contribution in [3.63, 3.8) is 0 Å². The van der Waals surface area contributed by atoms with E-state index in [9.17, 15) is 53.5 Å². The minimum Gasteiger partial charge on any atom is -0.471 e. The number of carbonyl (C=O) groups excluding carboxylic acids is 2. The van der Waals surface area contributed by atoms with Crippen LogP contribution < -0.4 is 15.4 Å². The highest BCUT2D eigenvalue weighted by atomic mass is 19.4. The Hall–Kier alpha value is -4.12. The third-order valence-electron chi connectivity index (χ3n) is 7.10. The number of aromatic nitrogens is 3. The van der Waals surface area contributed by atoms with Crippen molar-refractivity contribution in [3.05, 3.63) is 52.3 Å². The molecule has 2 aromatic heterocycles. The lowest BCUT2D eigenvalue weighted by Crippen LogP contribution is -2.40. The number of hydrogen-bond donors (Lipinski definition) is 3. The first-order chi connectivity index (χ1) is 21.0. The molecule has 0 bridgehead atoms. The average Bonchev–Trinajstić information content (AvgIpc) is 3.34. The number of benzene rings is 1. The van der Waals surface area contributed by atoms with E-state index in [0.717, 1.165) is 18.2 Å². The van der Waals surface area contributed by atoms with Crippen molar-refractivity contribution in [2.24, 2.45) is 5.92 Å². The van der Waals surface area contributed by atoms with E-state index >= 15 is 0 Å². The minimum absolute atomic E-state index is 0.00855. The van der Waals surface area contributed by atoms with Crippen LogP contribution >= 0.6 is 0 Å². The number of fused-ring (bicyclic) bond motifs is 1. The molecule has 246 valence electrons. The molecule has 0 atom stereocenters. The van der Waals surface area contributed by atoms with E-state index < -0.39 is 80.0 Å². The van der Waals surface area contributed by atoms with E-state index in [1.54, 1.807) is 0 Å². The fourth-order valence-corrected chi connectivity index (χ4v) is 4.93. The zero-order chi connectivity index (χ0) is 33.1. The standard InChI is InChI=1S/C27H25F10N5O3/c28-19(29)11-45-25-16(23(43)39-15-4-2-14(3-5-15)26(32,33)34)9-18-22(42-25)41-20(40-18)8-13-7-12(10-38-24(44)21(30)31)1-6-17(13)27(35,36)37/h1,6-7,9,14-15,19,21H,2-5,8,10-11H2,(H,38,44)(H,39,43)(H,40,41,42). The number of amides is 2. The number of hydrogen-bond acceptors (Lipinski definition) is 5. The minimum atomic E-state index is -4.83. The molecule has 1 fully saturated rings. The second-order valence-electron chi connectivity index (χ2n) is 10.3. The van der Waals surface area contributed by atoms with Gasteiger partial charge in [0.1, 0.15) is 11.4 Å². The van der Waals surface area contributed by atoms with Gasteiger partial charge in [-0.15, -0.1) is 0 Å². The average molecular weight is 658 g/mol. The molecule has 3 aromatic rings. The predicted molar refractivity (Wildman–Crippen MR) is 137 cm³/mol. The molecule has 0 radical (unpaired) electrons. The summed E-state index contributed by atoms with van der Waals surface area (Å²) in [4.78, 5) is 35.0. The number of nitrogens with zero attached hydrogens (tertiary/aromatic N) is 2. The lowest BCUT2D eigenvalue weighted by atomic mass is 9.85. The van der Waals surface area contributed by atoms with Crippen LogP contribution in [0.25, 0.3) is 11.2 Å². The van der Waals surface area contributed by atoms with Crippen LogP contribution in [0.5, 0.6) is 5.88 Å². The maximum atomic E-state index is 13.7. The molecule has 45 heavy (non-hydrogen) atoms. The molecule has 0 unspecified atom stereocenters. The summed E-state index contributed by atoms with van der Waals surface area (Å²) in [6, 6.07) is 3.23. The van der Waals surface area contributed by atoms with Gasteiger partial charge in [-0.05, 0) is 48.9 Å². The number of carbonyl (C=O) groups is 2. The number of alkyl halides is 10. The van der Waals surface area contributed by atoms with Crippen molar-refractivity contribution in [3.8, 4) is 5.88 Å². The van der Waals surface area contributed by atoms with Gasteiger partial charge < -0.3 is 20.4 Å². The normalized spacial score (nSPS) is 17.6. The van der Waals surface area contributed by atoms with Gasteiger partial charge in [0.2, 0.25) is 5.88 Å². The van der Waals surface area contributed by atoms with E-state index in [2.05, 4.69) is 20.3 Å². The van der Waals surface area contributed by atoms with E-state index in [-0.39, 0.29) is 59.4 Å². The van der Waals surface area contributed by atoms with Gasteiger partial charge >= 0.3 is 18.8 Å². The van der Waals surface area contributed by atoms with Crippen LogP contribution in [0.1, 0.15) is 58.6 Å². The van der Waals surface area contributed by atoms with Gasteiger partial charge in [-0.1, -0.05) is 12.1 Å². The van der Waals surface area contributed by atoms with Crippen LogP contribution in [0.3, 0.4) is 0 Å². The second-order valence-corrected chi connectivity index (χ2v) is 10.3. The summed E-state index contributed by atoms with van der Waals surface area (Å²) in [6.07, 6.45) is -16.4. The lowest BCUT2D eigenvalue weighted by molar-refractivity contribution is -0.182. The molecule has 2 heterocycles. The van der Waals surface area contributed by atoms with Crippen molar-refractivity contribution < 1.29 is 58.2 Å². The van der Waals surface area contributed by atoms with Gasteiger partial charge in [0.15, 0.2) is 12.3 Å². The lowest BCUT2D eigenvalue weighted by Gasteiger charge is -2.30. The van der Waals surface area contributed by atoms with Crippen molar-refractivity contribution >= 4 is 23.0 Å². The fraction of sp³-hybridized carbons (Fsp3) is 0.481. The smallest absolute Gasteiger partial charge is 0.416 e. The highest BCUT2D eigenvalue weighted by Crippen LogP contribution is 2.38. The number of imidazole rings is 1. The number of H-pyrrole nitrogens is 1. The summed E-state index contributed by atoms with van der Waals surface area (Å²) >= 11 is 0. The molecule has 8 nitrogen and oxygen atoms in total. The van der Waals surface area contributed by atoms with Crippen LogP contribution in [0.15, 0.2) is 24.3 Å². The number of rotatable bonds is 10. The maximum absolute atomic E-state index is 13.7. The van der Waals surface area contributed by atoms with Gasteiger partial charge in [-0.25, -0.2) is 13.8 Å². The topological polar surface area (TPSA) is 109 Å². The second kappa shape index (κ2) is 13.5. The van der Waals surface area contributed by atoms with E-state index in [0.29, 0.717) is 6.07 Å². The number of ether oxygens (including phenoxy) is 1. The number of nitrogens with one attached hydrogen (secondary N) is 3. The summed E-state index contributed by atoms with van der Waals surface area (Å²) in [5.74, 6) is -4.68. The molecule has 1 aromatic carbocycles. The monoisotopic (exact) mass is 657 g/mol. The summed E-state index contributed by atoms with van der Waals surface area (Å²) in [7, 11) is 0. The van der Waals surface area contributed by atoms with Crippen molar-refractivity contribution in [1.82, 2.24) is 25.6 Å². The molecule has 1 saturated carbocycles. The van der Waals surface area contributed by atoms with E-state index in [1.807, 2.05) is 5.32 Å². The number of pyridine rings is 1.